The number of carbonyl (C=O) groups is 1. The zero-order valence-electron chi connectivity index (χ0n) is 7.43. The van der Waals surface area contributed by atoms with Gasteiger partial charge >= 0.3 is 5.97 Å². The Morgan fingerprint density at radius 2 is 2.00 bits per heavy atom. The maximum atomic E-state index is 10.0. The molecule has 0 aliphatic rings. The second kappa shape index (κ2) is 6.20. The highest BCUT2D eigenvalue weighted by Gasteiger charge is 2.01. The van der Waals surface area contributed by atoms with Crippen molar-refractivity contribution >= 4 is 5.97 Å². The molecule has 1 atom stereocenters. The van der Waals surface area contributed by atoms with Crippen LogP contribution in [-0.4, -0.2) is 5.97 Å². The van der Waals surface area contributed by atoms with Crippen LogP contribution in [-0.2, 0) is 9.90 Å². The molecule has 11 heavy (non-hydrogen) atoms. The average molecular weight is 157 g/mol. The Labute approximate surface area is 68.6 Å². The van der Waals surface area contributed by atoms with Crippen molar-refractivity contribution in [3.63, 3.8) is 0 Å². The quantitative estimate of drug-likeness (QED) is 0.546. The first-order chi connectivity index (χ1) is 5.16. The largest absolute Gasteiger partial charge is 0.355 e. The molecule has 0 rings (SSSR count). The molecule has 0 bridgehead atoms. The Bertz CT molecular complexity index is 110. The first-order valence-electron chi connectivity index (χ1n) is 4.36. The number of rotatable bonds is 6. The minimum absolute atomic E-state index is 0.219. The summed E-state index contributed by atoms with van der Waals surface area (Å²) in [4.78, 5) is 10.0. The smallest absolute Gasteiger partial charge is 0.247 e. The van der Waals surface area contributed by atoms with Gasteiger partial charge in [-0.05, 0) is 12.3 Å². The van der Waals surface area contributed by atoms with E-state index in [0.29, 0.717) is 0 Å². The zero-order valence-corrected chi connectivity index (χ0v) is 7.43. The molecular weight excluding hydrogens is 140 g/mol. The van der Waals surface area contributed by atoms with Crippen molar-refractivity contribution in [1.29, 1.82) is 0 Å². The third kappa shape index (κ3) is 7.37. The highest BCUT2D eigenvalue weighted by atomic mass is 16.4. The Morgan fingerprint density at radius 1 is 1.36 bits per heavy atom. The summed E-state index contributed by atoms with van der Waals surface area (Å²) in [7, 11) is 0. The summed E-state index contributed by atoms with van der Waals surface area (Å²) in [6.07, 6.45) is 4.33. The topological polar surface area (TPSA) is 37.0 Å². The van der Waals surface area contributed by atoms with Crippen molar-refractivity contribution in [2.45, 2.75) is 46.0 Å². The molecule has 0 spiro atoms. The molecule has 1 radical (unpaired) electrons. The average Bonchev–Trinajstić information content (AvgIpc) is 1.97. The molecule has 0 amide bonds. The number of hydrogen-bond acceptors (Lipinski definition) is 1. The van der Waals surface area contributed by atoms with Crippen molar-refractivity contribution in [3.8, 4) is 0 Å². The standard InChI is InChI=1S/C9H17O2/c1-3-8(2)6-4-5-7-9(10)11/h8H,3-7H2,1-2H3. The highest BCUT2D eigenvalue weighted by Crippen LogP contribution is 2.11. The molecule has 0 aliphatic heterocycles. The monoisotopic (exact) mass is 157 g/mol. The Hall–Kier alpha value is -0.530. The van der Waals surface area contributed by atoms with E-state index in [1.54, 1.807) is 0 Å². The van der Waals surface area contributed by atoms with Crippen molar-refractivity contribution in [3.05, 3.63) is 0 Å². The minimum atomic E-state index is -0.922. The lowest BCUT2D eigenvalue weighted by atomic mass is 10.0. The third-order valence-electron chi connectivity index (χ3n) is 2.02. The van der Waals surface area contributed by atoms with E-state index in [9.17, 15) is 9.90 Å². The van der Waals surface area contributed by atoms with Gasteiger partial charge in [0.05, 0.1) is 6.42 Å². The number of carbonyl (C=O) groups excluding carboxylic acids is 1. The summed E-state index contributed by atoms with van der Waals surface area (Å²) in [5, 5.41) is 10.0. The van der Waals surface area contributed by atoms with Gasteiger partial charge in [0.1, 0.15) is 0 Å². The van der Waals surface area contributed by atoms with Crippen molar-refractivity contribution in [2.75, 3.05) is 0 Å². The molecule has 0 saturated heterocycles. The van der Waals surface area contributed by atoms with Gasteiger partial charge in [0.2, 0.25) is 0 Å². The normalized spacial score (nSPS) is 12.9. The van der Waals surface area contributed by atoms with E-state index in [1.165, 1.54) is 6.42 Å². The van der Waals surface area contributed by atoms with Crippen molar-refractivity contribution < 1.29 is 9.90 Å². The molecule has 2 heteroatoms. The maximum Gasteiger partial charge on any atom is 0.355 e. The first kappa shape index (κ1) is 10.5. The summed E-state index contributed by atoms with van der Waals surface area (Å²) in [6.45, 7) is 4.35. The van der Waals surface area contributed by atoms with E-state index in [1.807, 2.05) is 0 Å². The van der Waals surface area contributed by atoms with Gasteiger partial charge < -0.3 is 0 Å². The van der Waals surface area contributed by atoms with E-state index < -0.39 is 5.97 Å². The van der Waals surface area contributed by atoms with Gasteiger partial charge in [-0.15, -0.1) is 0 Å². The van der Waals surface area contributed by atoms with Crippen LogP contribution >= 0.6 is 0 Å². The zero-order chi connectivity index (χ0) is 8.69. The van der Waals surface area contributed by atoms with E-state index in [-0.39, 0.29) is 6.42 Å². The molecule has 0 heterocycles. The Balaban J connectivity index is 3.08. The molecule has 65 valence electrons. The lowest BCUT2D eigenvalue weighted by Crippen LogP contribution is -1.95. The molecule has 0 aromatic carbocycles. The summed E-state index contributed by atoms with van der Waals surface area (Å²) in [5.41, 5.74) is 0. The summed E-state index contributed by atoms with van der Waals surface area (Å²) >= 11 is 0. The van der Waals surface area contributed by atoms with Gasteiger partial charge in [0, 0.05) is 0 Å². The summed E-state index contributed by atoms with van der Waals surface area (Å²) in [6, 6.07) is 0. The summed E-state index contributed by atoms with van der Waals surface area (Å²) < 4.78 is 0. The molecule has 1 unspecified atom stereocenters. The SMILES string of the molecule is CCC(C)CCCCC([O])=O. The van der Waals surface area contributed by atoms with E-state index >= 15 is 0 Å². The number of unbranched alkanes of at least 4 members (excludes halogenated alkanes) is 1. The van der Waals surface area contributed by atoms with Crippen LogP contribution in [0.2, 0.25) is 0 Å². The van der Waals surface area contributed by atoms with Gasteiger partial charge in [-0.3, -0.25) is 0 Å². The lowest BCUT2D eigenvalue weighted by Gasteiger charge is -2.05. The molecule has 0 saturated carbocycles. The molecule has 0 aromatic heterocycles. The molecule has 2 nitrogen and oxygen atoms in total. The van der Waals surface area contributed by atoms with Crippen LogP contribution in [0.1, 0.15) is 46.0 Å². The van der Waals surface area contributed by atoms with Crippen LogP contribution in [0.25, 0.3) is 0 Å². The lowest BCUT2D eigenvalue weighted by molar-refractivity contribution is -0.143. The Kier molecular flexibility index (Phi) is 5.90. The van der Waals surface area contributed by atoms with Gasteiger partial charge in [0.25, 0.3) is 0 Å². The van der Waals surface area contributed by atoms with Crippen molar-refractivity contribution in [2.24, 2.45) is 5.92 Å². The van der Waals surface area contributed by atoms with Crippen LogP contribution in [0.15, 0.2) is 0 Å². The first-order valence-corrected chi connectivity index (χ1v) is 4.36. The van der Waals surface area contributed by atoms with E-state index in [0.717, 1.165) is 25.2 Å². The molecular formula is C9H17O2. The number of hydrogen-bond donors (Lipinski definition) is 0. The second-order valence-corrected chi connectivity index (χ2v) is 3.13. The maximum absolute atomic E-state index is 10.0. The second-order valence-electron chi connectivity index (χ2n) is 3.13. The van der Waals surface area contributed by atoms with E-state index in [4.69, 9.17) is 0 Å². The van der Waals surface area contributed by atoms with Gasteiger partial charge in [-0.2, -0.15) is 0 Å². The van der Waals surface area contributed by atoms with Crippen LogP contribution in [0.3, 0.4) is 0 Å². The van der Waals surface area contributed by atoms with Gasteiger partial charge in [-0.1, -0.05) is 33.1 Å². The van der Waals surface area contributed by atoms with Gasteiger partial charge in [-0.25, -0.2) is 9.90 Å². The summed E-state index contributed by atoms with van der Waals surface area (Å²) in [5.74, 6) is -0.189. The van der Waals surface area contributed by atoms with Crippen LogP contribution in [0.5, 0.6) is 0 Å². The fraction of sp³-hybridized carbons (Fsp3) is 0.889. The van der Waals surface area contributed by atoms with Crippen molar-refractivity contribution in [1.82, 2.24) is 0 Å². The highest BCUT2D eigenvalue weighted by molar-refractivity contribution is 5.66. The minimum Gasteiger partial charge on any atom is -0.247 e. The Morgan fingerprint density at radius 3 is 2.45 bits per heavy atom. The fourth-order valence-electron chi connectivity index (χ4n) is 0.966. The van der Waals surface area contributed by atoms with Gasteiger partial charge in [0.15, 0.2) is 0 Å². The van der Waals surface area contributed by atoms with Crippen LogP contribution in [0, 0.1) is 5.92 Å². The predicted molar refractivity (Wildman–Crippen MR) is 43.6 cm³/mol. The molecule has 0 N–H and O–H groups in total. The molecule has 0 aromatic rings. The van der Waals surface area contributed by atoms with E-state index in [2.05, 4.69) is 13.8 Å². The van der Waals surface area contributed by atoms with Crippen LogP contribution < -0.4 is 0 Å². The predicted octanol–water partition coefficient (Wildman–Crippen LogP) is 2.55. The van der Waals surface area contributed by atoms with Crippen LogP contribution in [0.4, 0.5) is 0 Å². The third-order valence-corrected chi connectivity index (χ3v) is 2.02. The fourth-order valence-corrected chi connectivity index (χ4v) is 0.966. The molecule has 0 fully saturated rings. The molecule has 0 aliphatic carbocycles.